The maximum absolute atomic E-state index is 13.9. The van der Waals surface area contributed by atoms with Crippen LogP contribution in [0.4, 0.5) is 4.79 Å². The van der Waals surface area contributed by atoms with Crippen molar-refractivity contribution >= 4 is 22.9 Å². The van der Waals surface area contributed by atoms with Crippen molar-refractivity contribution in [3.05, 3.63) is 71.8 Å². The number of imide groups is 1. The Balaban J connectivity index is 1.81. The van der Waals surface area contributed by atoms with Crippen molar-refractivity contribution < 1.29 is 9.59 Å². The summed E-state index contributed by atoms with van der Waals surface area (Å²) in [6.45, 7) is 1.52. The molecule has 2 aliphatic rings. The Bertz CT molecular complexity index is 762. The first-order valence-corrected chi connectivity index (χ1v) is 10.6. The minimum atomic E-state index is -0.840. The number of hydrogen-bond donors (Lipinski definition) is 0. The molecule has 140 valence electrons. The van der Waals surface area contributed by atoms with Crippen LogP contribution in [-0.4, -0.2) is 40.0 Å². The molecule has 0 saturated carbocycles. The van der Waals surface area contributed by atoms with Crippen LogP contribution in [0, 0.1) is 0 Å². The second-order valence-corrected chi connectivity index (χ2v) is 8.10. The highest BCUT2D eigenvalue weighted by Gasteiger charge is 2.51. The third-order valence-electron chi connectivity index (χ3n) is 5.54. The van der Waals surface area contributed by atoms with Crippen LogP contribution in [0.5, 0.6) is 0 Å². The molecular weight excluding hydrogens is 356 g/mol. The zero-order valence-corrected chi connectivity index (χ0v) is 16.2. The van der Waals surface area contributed by atoms with Gasteiger partial charge in [0.1, 0.15) is 5.41 Å². The van der Waals surface area contributed by atoms with E-state index in [1.807, 2.05) is 65.7 Å². The lowest BCUT2D eigenvalue weighted by Crippen LogP contribution is -2.60. The van der Waals surface area contributed by atoms with E-state index >= 15 is 0 Å². The Hall–Kier alpha value is -2.11. The average Bonchev–Trinajstić information content (AvgIpc) is 2.99. The molecule has 5 heteroatoms. The maximum Gasteiger partial charge on any atom is 0.303 e. The molecule has 0 radical (unpaired) electrons. The standard InChI is InChI=1S/C22H24N2O2S/c25-20-22(18-11-5-3-6-12-18,19-13-7-4-8-14-19)17-27-21(26)24(20)23-15-9-1-2-10-16-23/h3-8,11-14H,1-2,9-10,15-17H2. The van der Waals surface area contributed by atoms with E-state index in [1.165, 1.54) is 16.8 Å². The number of amides is 2. The Labute approximate surface area is 164 Å². The van der Waals surface area contributed by atoms with Gasteiger partial charge in [-0.1, -0.05) is 85.3 Å². The van der Waals surface area contributed by atoms with Gasteiger partial charge >= 0.3 is 5.24 Å². The van der Waals surface area contributed by atoms with Gasteiger partial charge in [0.15, 0.2) is 0 Å². The molecule has 27 heavy (non-hydrogen) atoms. The minimum absolute atomic E-state index is 0.120. The molecule has 0 aromatic heterocycles. The highest BCUT2D eigenvalue weighted by molar-refractivity contribution is 8.13. The van der Waals surface area contributed by atoms with Gasteiger partial charge in [-0.2, -0.15) is 5.01 Å². The number of hydrazine groups is 1. The maximum atomic E-state index is 13.9. The van der Waals surface area contributed by atoms with E-state index in [4.69, 9.17) is 0 Å². The molecule has 2 aromatic rings. The molecule has 0 spiro atoms. The van der Waals surface area contributed by atoms with Gasteiger partial charge in [0.25, 0.3) is 5.91 Å². The van der Waals surface area contributed by atoms with Gasteiger partial charge in [-0.05, 0) is 24.0 Å². The van der Waals surface area contributed by atoms with Crippen LogP contribution in [0.15, 0.2) is 60.7 Å². The van der Waals surface area contributed by atoms with Crippen LogP contribution >= 0.6 is 11.8 Å². The summed E-state index contributed by atoms with van der Waals surface area (Å²) in [5.41, 5.74) is 1.05. The van der Waals surface area contributed by atoms with Crippen LogP contribution in [0.2, 0.25) is 0 Å². The summed E-state index contributed by atoms with van der Waals surface area (Å²) in [5.74, 6) is 0.314. The second-order valence-electron chi connectivity index (χ2n) is 7.18. The topological polar surface area (TPSA) is 40.6 Å². The van der Waals surface area contributed by atoms with Crippen molar-refractivity contribution in [1.29, 1.82) is 0 Å². The molecule has 2 aromatic carbocycles. The van der Waals surface area contributed by atoms with E-state index in [2.05, 4.69) is 0 Å². The third-order valence-corrected chi connectivity index (χ3v) is 6.54. The fourth-order valence-corrected chi connectivity index (χ4v) is 5.20. The quantitative estimate of drug-likeness (QED) is 0.788. The highest BCUT2D eigenvalue weighted by Crippen LogP contribution is 2.42. The van der Waals surface area contributed by atoms with Crippen molar-refractivity contribution in [1.82, 2.24) is 10.0 Å². The van der Waals surface area contributed by atoms with Crippen LogP contribution < -0.4 is 0 Å². The molecule has 0 bridgehead atoms. The Morgan fingerprint density at radius 2 is 1.26 bits per heavy atom. The summed E-state index contributed by atoms with van der Waals surface area (Å²) in [6.07, 6.45) is 4.35. The second kappa shape index (κ2) is 7.87. The molecule has 2 fully saturated rings. The number of thioether (sulfide) groups is 1. The van der Waals surface area contributed by atoms with Gasteiger partial charge in [-0.3, -0.25) is 9.59 Å². The Morgan fingerprint density at radius 1 is 0.741 bits per heavy atom. The van der Waals surface area contributed by atoms with Crippen LogP contribution in [0.1, 0.15) is 36.8 Å². The minimum Gasteiger partial charge on any atom is -0.271 e. The smallest absolute Gasteiger partial charge is 0.271 e. The monoisotopic (exact) mass is 380 g/mol. The zero-order valence-electron chi connectivity index (χ0n) is 15.3. The van der Waals surface area contributed by atoms with E-state index in [-0.39, 0.29) is 11.1 Å². The highest BCUT2D eigenvalue weighted by atomic mass is 32.2. The van der Waals surface area contributed by atoms with E-state index in [9.17, 15) is 9.59 Å². The number of benzene rings is 2. The lowest BCUT2D eigenvalue weighted by atomic mass is 9.75. The summed E-state index contributed by atoms with van der Waals surface area (Å²) < 4.78 is 0. The number of carbonyl (C=O) groups excluding carboxylic acids is 2. The fourth-order valence-electron chi connectivity index (χ4n) is 4.08. The molecule has 0 atom stereocenters. The van der Waals surface area contributed by atoms with Gasteiger partial charge in [-0.15, -0.1) is 0 Å². The number of carbonyl (C=O) groups is 2. The van der Waals surface area contributed by atoms with Gasteiger partial charge in [0, 0.05) is 18.8 Å². The van der Waals surface area contributed by atoms with Crippen LogP contribution in [0.3, 0.4) is 0 Å². The van der Waals surface area contributed by atoms with E-state index in [0.717, 1.165) is 49.9 Å². The Morgan fingerprint density at radius 3 is 1.78 bits per heavy atom. The first-order valence-electron chi connectivity index (χ1n) is 9.61. The van der Waals surface area contributed by atoms with Crippen molar-refractivity contribution in [3.8, 4) is 0 Å². The average molecular weight is 381 g/mol. The summed E-state index contributed by atoms with van der Waals surface area (Å²) in [6, 6.07) is 19.8. The van der Waals surface area contributed by atoms with Crippen LogP contribution in [0.25, 0.3) is 0 Å². The molecule has 0 aliphatic carbocycles. The van der Waals surface area contributed by atoms with Gasteiger partial charge in [-0.25, -0.2) is 5.01 Å². The number of hydrogen-bond acceptors (Lipinski definition) is 4. The largest absolute Gasteiger partial charge is 0.303 e. The van der Waals surface area contributed by atoms with Crippen molar-refractivity contribution in [2.24, 2.45) is 0 Å². The molecule has 2 amide bonds. The van der Waals surface area contributed by atoms with Crippen molar-refractivity contribution in [3.63, 3.8) is 0 Å². The predicted octanol–water partition coefficient (Wildman–Crippen LogP) is 4.46. The third kappa shape index (κ3) is 3.30. The Kier molecular flexibility index (Phi) is 5.32. The van der Waals surface area contributed by atoms with E-state index in [1.54, 1.807) is 0 Å². The molecule has 2 heterocycles. The molecule has 0 N–H and O–H groups in total. The zero-order chi connectivity index (χ0) is 18.7. The van der Waals surface area contributed by atoms with Gasteiger partial charge in [0.2, 0.25) is 0 Å². The normalized spacial score (nSPS) is 21.1. The molecule has 0 unspecified atom stereocenters. The molecule has 4 nitrogen and oxygen atoms in total. The van der Waals surface area contributed by atoms with Gasteiger partial charge in [0.05, 0.1) is 0 Å². The summed E-state index contributed by atoms with van der Waals surface area (Å²) in [5, 5.41) is 3.27. The molecule has 2 saturated heterocycles. The first kappa shape index (κ1) is 18.3. The first-order chi connectivity index (χ1) is 13.2. The SMILES string of the molecule is O=C1SCC(c2ccccc2)(c2ccccc2)C(=O)N1N1CCCCCC1. The predicted molar refractivity (Wildman–Crippen MR) is 108 cm³/mol. The molecule has 4 rings (SSSR count). The van der Waals surface area contributed by atoms with Crippen molar-refractivity contribution in [2.75, 3.05) is 18.8 Å². The van der Waals surface area contributed by atoms with Crippen molar-refractivity contribution in [2.45, 2.75) is 31.1 Å². The van der Waals surface area contributed by atoms with Crippen LogP contribution in [-0.2, 0) is 10.2 Å². The lowest BCUT2D eigenvalue weighted by molar-refractivity contribution is -0.145. The summed E-state index contributed by atoms with van der Waals surface area (Å²) >= 11 is 1.25. The molecule has 2 aliphatic heterocycles. The van der Waals surface area contributed by atoms with E-state index < -0.39 is 5.41 Å². The fraction of sp³-hybridized carbons (Fsp3) is 0.364. The number of rotatable bonds is 3. The lowest BCUT2D eigenvalue weighted by Gasteiger charge is -2.44. The molecular formula is C22H24N2O2S. The summed E-state index contributed by atoms with van der Waals surface area (Å²) in [4.78, 5) is 26.7. The van der Waals surface area contributed by atoms with Gasteiger partial charge < -0.3 is 0 Å². The summed E-state index contributed by atoms with van der Waals surface area (Å²) in [7, 11) is 0. The van der Waals surface area contributed by atoms with E-state index in [0.29, 0.717) is 5.75 Å². The number of nitrogens with zero attached hydrogens (tertiary/aromatic N) is 2.